The summed E-state index contributed by atoms with van der Waals surface area (Å²) in [4.78, 5) is 12.7. The summed E-state index contributed by atoms with van der Waals surface area (Å²) in [5, 5.41) is 14.5. The van der Waals surface area contributed by atoms with Crippen molar-refractivity contribution < 1.29 is 5.11 Å². The minimum absolute atomic E-state index is 0.00323. The van der Waals surface area contributed by atoms with Gasteiger partial charge in [0.2, 0.25) is 0 Å². The average Bonchev–Trinajstić information content (AvgIpc) is 3.15. The van der Waals surface area contributed by atoms with Crippen LogP contribution in [0.4, 0.5) is 0 Å². The van der Waals surface area contributed by atoms with E-state index in [1.165, 1.54) is 11.3 Å². The molecule has 0 fully saturated rings. The van der Waals surface area contributed by atoms with Gasteiger partial charge in [0.1, 0.15) is 10.4 Å². The Morgan fingerprint density at radius 1 is 1.22 bits per heavy atom. The lowest BCUT2D eigenvalue weighted by Crippen LogP contribution is -2.17. The maximum absolute atomic E-state index is 12.7. The summed E-state index contributed by atoms with van der Waals surface area (Å²) in [5.74, 6) is 0.221. The molecule has 0 bridgehead atoms. The number of nitrogens with zero attached hydrogens (tertiary/aromatic N) is 1. The second kappa shape index (κ2) is 6.51. The molecule has 1 atom stereocenters. The molecule has 0 aliphatic carbocycles. The molecule has 4 nitrogen and oxygen atoms in total. The van der Waals surface area contributed by atoms with Crippen LogP contribution in [0.3, 0.4) is 0 Å². The van der Waals surface area contributed by atoms with E-state index >= 15 is 0 Å². The number of thiophene rings is 1. The van der Waals surface area contributed by atoms with Crippen molar-refractivity contribution in [2.24, 2.45) is 12.8 Å². The molecule has 0 aliphatic rings. The van der Waals surface area contributed by atoms with Gasteiger partial charge in [0.15, 0.2) is 0 Å². The topological polar surface area (TPSA) is 68.2 Å². The molecule has 1 unspecified atom stereocenters. The molecule has 0 saturated heterocycles. The van der Waals surface area contributed by atoms with Gasteiger partial charge in [0.25, 0.3) is 5.56 Å². The van der Waals surface area contributed by atoms with E-state index in [2.05, 4.69) is 6.92 Å². The fourth-order valence-corrected chi connectivity index (χ4v) is 4.71. The van der Waals surface area contributed by atoms with E-state index in [9.17, 15) is 9.90 Å². The smallest absolute Gasteiger partial charge is 0.268 e. The molecule has 4 aromatic rings. The molecule has 3 N–H and O–H groups in total. The van der Waals surface area contributed by atoms with Crippen LogP contribution in [0.5, 0.6) is 5.75 Å². The molecule has 2 aromatic carbocycles. The van der Waals surface area contributed by atoms with Crippen LogP contribution in [0.1, 0.15) is 30.5 Å². The second-order valence-corrected chi connectivity index (χ2v) is 7.89. The first-order valence-electron chi connectivity index (χ1n) is 9.02. The van der Waals surface area contributed by atoms with Crippen LogP contribution in [0, 0.1) is 6.92 Å². The Bertz CT molecular complexity index is 1220. The summed E-state index contributed by atoms with van der Waals surface area (Å²) in [7, 11) is 1.79. The van der Waals surface area contributed by atoms with Crippen molar-refractivity contribution in [3.8, 4) is 16.9 Å². The lowest BCUT2D eigenvalue weighted by atomic mass is 9.93. The number of benzene rings is 2. The highest BCUT2D eigenvalue weighted by Gasteiger charge is 2.19. The van der Waals surface area contributed by atoms with Crippen molar-refractivity contribution in [1.29, 1.82) is 0 Å². The summed E-state index contributed by atoms with van der Waals surface area (Å²) < 4.78 is 2.40. The van der Waals surface area contributed by atoms with Crippen LogP contribution in [0.2, 0.25) is 0 Å². The Labute approximate surface area is 161 Å². The van der Waals surface area contributed by atoms with Crippen molar-refractivity contribution >= 4 is 32.3 Å². The van der Waals surface area contributed by atoms with Gasteiger partial charge in [-0.15, -0.1) is 11.3 Å². The number of aromatic nitrogens is 1. The third-order valence-electron chi connectivity index (χ3n) is 5.31. The lowest BCUT2D eigenvalue weighted by molar-refractivity contribution is 0.477. The van der Waals surface area contributed by atoms with Gasteiger partial charge in [0, 0.05) is 29.4 Å². The largest absolute Gasteiger partial charge is 0.507 e. The number of rotatable bonds is 3. The zero-order chi connectivity index (χ0) is 19.3. The zero-order valence-electron chi connectivity index (χ0n) is 15.6. The van der Waals surface area contributed by atoms with Crippen molar-refractivity contribution in [2.45, 2.75) is 26.3 Å². The van der Waals surface area contributed by atoms with Crippen molar-refractivity contribution in [3.63, 3.8) is 0 Å². The molecular formula is C22H22N2O2S. The number of nitrogens with two attached hydrogens (primary N) is 1. The highest BCUT2D eigenvalue weighted by molar-refractivity contribution is 7.17. The molecule has 138 valence electrons. The molecule has 2 aromatic heterocycles. The van der Waals surface area contributed by atoms with Gasteiger partial charge in [-0.3, -0.25) is 4.79 Å². The van der Waals surface area contributed by atoms with Crippen LogP contribution in [0.15, 0.2) is 46.6 Å². The van der Waals surface area contributed by atoms with Gasteiger partial charge in [-0.1, -0.05) is 31.2 Å². The third-order valence-corrected chi connectivity index (χ3v) is 6.21. The van der Waals surface area contributed by atoms with Crippen LogP contribution >= 0.6 is 11.3 Å². The van der Waals surface area contributed by atoms with E-state index in [0.29, 0.717) is 4.70 Å². The number of hydrogen-bond donors (Lipinski definition) is 2. The van der Waals surface area contributed by atoms with Gasteiger partial charge >= 0.3 is 0 Å². The molecule has 0 saturated carbocycles. The van der Waals surface area contributed by atoms with Crippen molar-refractivity contribution in [1.82, 2.24) is 4.57 Å². The van der Waals surface area contributed by atoms with Crippen LogP contribution in [-0.4, -0.2) is 9.67 Å². The van der Waals surface area contributed by atoms with Crippen LogP contribution < -0.4 is 11.3 Å². The van der Waals surface area contributed by atoms with E-state index in [-0.39, 0.29) is 17.4 Å². The predicted molar refractivity (Wildman–Crippen MR) is 114 cm³/mol. The summed E-state index contributed by atoms with van der Waals surface area (Å²) in [6, 6.07) is 11.7. The van der Waals surface area contributed by atoms with E-state index in [1.54, 1.807) is 17.7 Å². The van der Waals surface area contributed by atoms with Gasteiger partial charge in [-0.2, -0.15) is 0 Å². The quantitative estimate of drug-likeness (QED) is 0.536. The molecule has 27 heavy (non-hydrogen) atoms. The van der Waals surface area contributed by atoms with Gasteiger partial charge in [-0.05, 0) is 47.5 Å². The third kappa shape index (κ3) is 2.66. The number of aromatic hydroxyl groups is 1. The number of hydrogen-bond acceptors (Lipinski definition) is 4. The minimum Gasteiger partial charge on any atom is -0.507 e. The fourth-order valence-electron chi connectivity index (χ4n) is 3.83. The molecular weight excluding hydrogens is 356 g/mol. The fraction of sp³-hybridized carbons (Fsp3) is 0.227. The molecule has 5 heteroatoms. The van der Waals surface area contributed by atoms with Crippen molar-refractivity contribution in [2.75, 3.05) is 0 Å². The van der Waals surface area contributed by atoms with E-state index < -0.39 is 0 Å². The molecule has 0 aliphatic heterocycles. The normalized spacial score (nSPS) is 12.7. The first kappa shape index (κ1) is 17.8. The second-order valence-electron chi connectivity index (χ2n) is 6.98. The zero-order valence-corrected chi connectivity index (χ0v) is 16.4. The van der Waals surface area contributed by atoms with Gasteiger partial charge in [0.05, 0.1) is 5.52 Å². The first-order chi connectivity index (χ1) is 12.9. The number of phenolic OH excluding ortho intramolecular Hbond substituents is 1. The Morgan fingerprint density at radius 3 is 2.59 bits per heavy atom. The SMILES string of the molecule is CCC(N)c1ccc(-c2c(O)cc(C)c3c2c2ccsc2c(=O)n3C)cc1. The summed E-state index contributed by atoms with van der Waals surface area (Å²) >= 11 is 1.44. The monoisotopic (exact) mass is 378 g/mol. The van der Waals surface area contributed by atoms with Crippen LogP contribution in [0.25, 0.3) is 32.1 Å². The first-order valence-corrected chi connectivity index (χ1v) is 9.90. The van der Waals surface area contributed by atoms with Crippen LogP contribution in [-0.2, 0) is 7.05 Å². The Kier molecular flexibility index (Phi) is 4.29. The summed E-state index contributed by atoms with van der Waals surface area (Å²) in [6.45, 7) is 3.98. The molecule has 0 radical (unpaired) electrons. The number of aryl methyl sites for hydroxylation is 2. The molecule has 4 rings (SSSR count). The number of pyridine rings is 1. The standard InChI is InChI=1S/C22H22N2O2S/c1-4-16(23)13-5-7-14(8-6-13)18-17(25)11-12(2)20-19(18)15-9-10-27-21(15)22(26)24(20)3/h5-11,16,25H,4,23H2,1-3H3. The Balaban J connectivity index is 2.11. The Hall–Kier alpha value is -2.63. The summed E-state index contributed by atoms with van der Waals surface area (Å²) in [6.07, 6.45) is 0.871. The van der Waals surface area contributed by atoms with Gasteiger partial charge < -0.3 is 15.4 Å². The lowest BCUT2D eigenvalue weighted by Gasteiger charge is -2.17. The van der Waals surface area contributed by atoms with E-state index in [4.69, 9.17) is 5.73 Å². The molecule has 2 heterocycles. The molecule has 0 spiro atoms. The average molecular weight is 378 g/mol. The maximum atomic E-state index is 12.7. The Morgan fingerprint density at radius 2 is 1.93 bits per heavy atom. The minimum atomic E-state index is -0.00323. The predicted octanol–water partition coefficient (Wildman–Crippen LogP) is 4.84. The number of fused-ring (bicyclic) bond motifs is 3. The number of phenols is 1. The molecule has 0 amide bonds. The van der Waals surface area contributed by atoms with E-state index in [0.717, 1.165) is 45.0 Å². The van der Waals surface area contributed by atoms with E-state index in [1.807, 2.05) is 42.6 Å². The highest BCUT2D eigenvalue weighted by Crippen LogP contribution is 2.41. The van der Waals surface area contributed by atoms with Gasteiger partial charge in [-0.25, -0.2) is 0 Å². The van der Waals surface area contributed by atoms with Crippen molar-refractivity contribution in [3.05, 3.63) is 63.3 Å². The maximum Gasteiger partial charge on any atom is 0.268 e. The summed E-state index contributed by atoms with van der Waals surface area (Å²) in [5.41, 5.74) is 10.6. The highest BCUT2D eigenvalue weighted by atomic mass is 32.1.